The molecule has 1 aliphatic rings. The maximum atomic E-state index is 9.19. The Morgan fingerprint density at radius 2 is 2.21 bits per heavy atom. The number of aliphatic hydroxyl groups is 1. The van der Waals surface area contributed by atoms with Gasteiger partial charge in [0.1, 0.15) is 11.6 Å². The number of aryl methyl sites for hydroxylation is 2. The molecular weight excluding hydrogens is 178 g/mol. The standard InChI is InChI=1S/C10H15N3O/c1-3-8-4-10(12-7(2)11-8)13-5-9(14)6-13/h4,9,14H,3,5-6H2,1-2H3. The fourth-order valence-corrected chi connectivity index (χ4v) is 1.60. The molecule has 4 heteroatoms. The molecule has 76 valence electrons. The number of rotatable bonds is 2. The normalized spacial score (nSPS) is 16.9. The van der Waals surface area contributed by atoms with Crippen LogP contribution in [0.5, 0.6) is 0 Å². The van der Waals surface area contributed by atoms with Crippen LogP contribution < -0.4 is 4.90 Å². The van der Waals surface area contributed by atoms with Crippen LogP contribution in [0.15, 0.2) is 6.07 Å². The lowest BCUT2D eigenvalue weighted by molar-refractivity contribution is 0.141. The molecule has 0 spiro atoms. The van der Waals surface area contributed by atoms with Gasteiger partial charge in [-0.2, -0.15) is 0 Å². The Hall–Kier alpha value is -1.16. The minimum Gasteiger partial charge on any atom is -0.389 e. The first-order chi connectivity index (χ1) is 6.69. The van der Waals surface area contributed by atoms with Crippen molar-refractivity contribution in [3.63, 3.8) is 0 Å². The smallest absolute Gasteiger partial charge is 0.132 e. The molecule has 0 radical (unpaired) electrons. The third kappa shape index (κ3) is 1.70. The molecule has 0 atom stereocenters. The Morgan fingerprint density at radius 1 is 1.50 bits per heavy atom. The lowest BCUT2D eigenvalue weighted by Gasteiger charge is -2.37. The molecule has 1 aromatic heterocycles. The Bertz CT molecular complexity index is 334. The summed E-state index contributed by atoms with van der Waals surface area (Å²) in [7, 11) is 0. The lowest BCUT2D eigenvalue weighted by atomic mass is 10.1. The molecule has 2 heterocycles. The number of hydrogen-bond donors (Lipinski definition) is 1. The van der Waals surface area contributed by atoms with Gasteiger partial charge >= 0.3 is 0 Å². The van der Waals surface area contributed by atoms with Gasteiger partial charge in [-0.15, -0.1) is 0 Å². The molecule has 4 nitrogen and oxygen atoms in total. The molecule has 1 aliphatic heterocycles. The molecule has 1 aromatic rings. The van der Waals surface area contributed by atoms with E-state index in [2.05, 4.69) is 21.8 Å². The summed E-state index contributed by atoms with van der Waals surface area (Å²) in [5, 5.41) is 9.19. The van der Waals surface area contributed by atoms with Crippen LogP contribution in [0.25, 0.3) is 0 Å². The molecule has 0 unspecified atom stereocenters. The van der Waals surface area contributed by atoms with Crippen molar-refractivity contribution < 1.29 is 5.11 Å². The minimum atomic E-state index is -0.185. The van der Waals surface area contributed by atoms with E-state index in [0.717, 1.165) is 23.8 Å². The number of aromatic nitrogens is 2. The quantitative estimate of drug-likeness (QED) is 0.744. The van der Waals surface area contributed by atoms with Gasteiger partial charge in [-0.3, -0.25) is 0 Å². The first-order valence-corrected chi connectivity index (χ1v) is 4.96. The van der Waals surface area contributed by atoms with E-state index in [1.54, 1.807) is 0 Å². The van der Waals surface area contributed by atoms with Crippen LogP contribution in [0.4, 0.5) is 5.82 Å². The minimum absolute atomic E-state index is 0.185. The summed E-state index contributed by atoms with van der Waals surface area (Å²) in [5.41, 5.74) is 1.06. The maximum Gasteiger partial charge on any atom is 0.132 e. The van der Waals surface area contributed by atoms with E-state index in [1.807, 2.05) is 13.0 Å². The molecule has 0 saturated carbocycles. The summed E-state index contributed by atoms with van der Waals surface area (Å²) in [6.07, 6.45) is 0.739. The zero-order valence-corrected chi connectivity index (χ0v) is 8.56. The monoisotopic (exact) mass is 193 g/mol. The summed E-state index contributed by atoms with van der Waals surface area (Å²) >= 11 is 0. The van der Waals surface area contributed by atoms with Crippen LogP contribution in [0, 0.1) is 6.92 Å². The third-order valence-corrected chi connectivity index (χ3v) is 2.43. The highest BCUT2D eigenvalue weighted by Crippen LogP contribution is 2.19. The molecule has 0 bridgehead atoms. The number of nitrogens with zero attached hydrogens (tertiary/aromatic N) is 3. The van der Waals surface area contributed by atoms with Gasteiger partial charge in [-0.25, -0.2) is 9.97 Å². The van der Waals surface area contributed by atoms with E-state index in [9.17, 15) is 5.11 Å². The molecule has 0 aromatic carbocycles. The molecule has 0 amide bonds. The van der Waals surface area contributed by atoms with Crippen molar-refractivity contribution in [2.75, 3.05) is 18.0 Å². The molecule has 14 heavy (non-hydrogen) atoms. The first kappa shape index (κ1) is 9.40. The first-order valence-electron chi connectivity index (χ1n) is 4.96. The highest BCUT2D eigenvalue weighted by molar-refractivity contribution is 5.43. The average molecular weight is 193 g/mol. The topological polar surface area (TPSA) is 49.2 Å². The zero-order chi connectivity index (χ0) is 10.1. The number of anilines is 1. The molecule has 1 fully saturated rings. The summed E-state index contributed by atoms with van der Waals surface area (Å²) in [5.74, 6) is 1.75. The van der Waals surface area contributed by atoms with E-state index < -0.39 is 0 Å². The highest BCUT2D eigenvalue weighted by atomic mass is 16.3. The van der Waals surface area contributed by atoms with Gasteiger partial charge in [0.05, 0.1) is 6.10 Å². The SMILES string of the molecule is CCc1cc(N2CC(O)C2)nc(C)n1. The molecule has 0 aliphatic carbocycles. The predicted octanol–water partition coefficient (Wildman–Crippen LogP) is 0.528. The zero-order valence-electron chi connectivity index (χ0n) is 8.56. The van der Waals surface area contributed by atoms with E-state index in [1.165, 1.54) is 0 Å². The van der Waals surface area contributed by atoms with Crippen LogP contribution in [-0.4, -0.2) is 34.3 Å². The van der Waals surface area contributed by atoms with Gasteiger partial charge in [0.25, 0.3) is 0 Å². The van der Waals surface area contributed by atoms with Crippen molar-refractivity contribution in [1.29, 1.82) is 0 Å². The molecule has 1 N–H and O–H groups in total. The highest BCUT2D eigenvalue weighted by Gasteiger charge is 2.25. The summed E-state index contributed by atoms with van der Waals surface area (Å²) in [6, 6.07) is 2.00. The van der Waals surface area contributed by atoms with Crippen molar-refractivity contribution in [2.24, 2.45) is 0 Å². The Kier molecular flexibility index (Phi) is 2.37. The van der Waals surface area contributed by atoms with Crippen LogP contribution in [0.1, 0.15) is 18.4 Å². The number of β-amino-alcohol motifs (C(OH)–C–C–N with tert-alkyl or cyclic N) is 1. The molecular formula is C10H15N3O. The van der Waals surface area contributed by atoms with Crippen LogP contribution >= 0.6 is 0 Å². The van der Waals surface area contributed by atoms with Crippen LogP contribution in [-0.2, 0) is 6.42 Å². The second-order valence-electron chi connectivity index (χ2n) is 3.68. The van der Waals surface area contributed by atoms with Gasteiger partial charge in [0.2, 0.25) is 0 Å². The van der Waals surface area contributed by atoms with Gasteiger partial charge in [-0.05, 0) is 13.3 Å². The number of aliphatic hydroxyl groups excluding tert-OH is 1. The van der Waals surface area contributed by atoms with Crippen molar-refractivity contribution in [2.45, 2.75) is 26.4 Å². The van der Waals surface area contributed by atoms with E-state index in [-0.39, 0.29) is 6.10 Å². The summed E-state index contributed by atoms with van der Waals surface area (Å²) in [6.45, 7) is 5.37. The van der Waals surface area contributed by atoms with Gasteiger partial charge in [0.15, 0.2) is 0 Å². The van der Waals surface area contributed by atoms with Gasteiger partial charge in [-0.1, -0.05) is 6.92 Å². The van der Waals surface area contributed by atoms with E-state index in [0.29, 0.717) is 13.1 Å². The maximum absolute atomic E-state index is 9.19. The van der Waals surface area contributed by atoms with Crippen molar-refractivity contribution in [1.82, 2.24) is 9.97 Å². The van der Waals surface area contributed by atoms with Crippen LogP contribution in [0.2, 0.25) is 0 Å². The van der Waals surface area contributed by atoms with Crippen molar-refractivity contribution in [3.8, 4) is 0 Å². The fourth-order valence-electron chi connectivity index (χ4n) is 1.60. The summed E-state index contributed by atoms with van der Waals surface area (Å²) < 4.78 is 0. The van der Waals surface area contributed by atoms with E-state index in [4.69, 9.17) is 0 Å². The Balaban J connectivity index is 2.21. The lowest BCUT2D eigenvalue weighted by Crippen LogP contribution is -2.51. The van der Waals surface area contributed by atoms with Crippen molar-refractivity contribution in [3.05, 3.63) is 17.6 Å². The Labute approximate surface area is 83.6 Å². The third-order valence-electron chi connectivity index (χ3n) is 2.43. The molecule has 1 saturated heterocycles. The average Bonchev–Trinajstić information content (AvgIpc) is 2.12. The largest absolute Gasteiger partial charge is 0.389 e. The predicted molar refractivity (Wildman–Crippen MR) is 54.4 cm³/mol. The summed E-state index contributed by atoms with van der Waals surface area (Å²) in [4.78, 5) is 10.7. The van der Waals surface area contributed by atoms with E-state index >= 15 is 0 Å². The number of hydrogen-bond acceptors (Lipinski definition) is 4. The fraction of sp³-hybridized carbons (Fsp3) is 0.600. The second-order valence-corrected chi connectivity index (χ2v) is 3.68. The van der Waals surface area contributed by atoms with Gasteiger partial charge in [0, 0.05) is 24.8 Å². The molecule has 2 rings (SSSR count). The van der Waals surface area contributed by atoms with Crippen LogP contribution in [0.3, 0.4) is 0 Å². The second kappa shape index (κ2) is 3.53. The Morgan fingerprint density at radius 3 is 2.79 bits per heavy atom. The van der Waals surface area contributed by atoms with Crippen molar-refractivity contribution >= 4 is 5.82 Å². The van der Waals surface area contributed by atoms with Gasteiger partial charge < -0.3 is 10.0 Å².